The van der Waals surface area contributed by atoms with Crippen molar-refractivity contribution in [2.75, 3.05) is 7.11 Å². The third-order valence-corrected chi connectivity index (χ3v) is 2.43. The highest BCUT2D eigenvalue weighted by Crippen LogP contribution is 2.28. The van der Waals surface area contributed by atoms with Crippen molar-refractivity contribution in [2.24, 2.45) is 0 Å². The Balaban J connectivity index is 3.06. The Kier molecular flexibility index (Phi) is 4.57. The zero-order chi connectivity index (χ0) is 12.8. The van der Waals surface area contributed by atoms with E-state index in [0.717, 1.165) is 18.9 Å². The van der Waals surface area contributed by atoms with Gasteiger partial charge in [-0.05, 0) is 30.9 Å². The number of aromatic hydroxyl groups is 2. The van der Waals surface area contributed by atoms with Crippen LogP contribution >= 0.6 is 0 Å². The topological polar surface area (TPSA) is 66.8 Å². The molecule has 4 nitrogen and oxygen atoms in total. The molecule has 0 atom stereocenters. The van der Waals surface area contributed by atoms with E-state index in [1.54, 1.807) is 6.08 Å². The van der Waals surface area contributed by atoms with E-state index in [1.807, 2.05) is 0 Å². The average Bonchev–Trinajstić information content (AvgIpc) is 2.28. The number of ether oxygens (including phenoxy) is 1. The number of esters is 1. The number of carbonyl (C=O) groups is 1. The highest BCUT2D eigenvalue weighted by molar-refractivity contribution is 5.94. The van der Waals surface area contributed by atoms with Gasteiger partial charge in [0.1, 0.15) is 17.1 Å². The molecule has 0 aliphatic heterocycles. The molecule has 0 bridgehead atoms. The molecule has 1 rings (SSSR count). The summed E-state index contributed by atoms with van der Waals surface area (Å²) in [4.78, 5) is 11.5. The second-order valence-corrected chi connectivity index (χ2v) is 3.67. The average molecular weight is 236 g/mol. The van der Waals surface area contributed by atoms with Crippen LogP contribution in [0.15, 0.2) is 24.8 Å². The summed E-state index contributed by atoms with van der Waals surface area (Å²) in [5.74, 6) is -0.926. The van der Waals surface area contributed by atoms with E-state index in [-0.39, 0.29) is 17.1 Å². The minimum Gasteiger partial charge on any atom is -0.508 e. The predicted octanol–water partition coefficient (Wildman–Crippen LogP) is 2.39. The van der Waals surface area contributed by atoms with Crippen molar-refractivity contribution in [1.82, 2.24) is 0 Å². The molecule has 0 saturated heterocycles. The van der Waals surface area contributed by atoms with Crippen LogP contribution in [0.1, 0.15) is 28.8 Å². The molecule has 0 heterocycles. The maximum Gasteiger partial charge on any atom is 0.341 e. The van der Waals surface area contributed by atoms with E-state index in [2.05, 4.69) is 11.3 Å². The summed E-state index contributed by atoms with van der Waals surface area (Å²) >= 11 is 0. The van der Waals surface area contributed by atoms with Crippen molar-refractivity contribution in [1.29, 1.82) is 0 Å². The van der Waals surface area contributed by atoms with Gasteiger partial charge in [0.25, 0.3) is 0 Å². The molecule has 1 aromatic carbocycles. The number of methoxy groups -OCH3 is 1. The van der Waals surface area contributed by atoms with Crippen molar-refractivity contribution in [3.05, 3.63) is 35.9 Å². The largest absolute Gasteiger partial charge is 0.508 e. The van der Waals surface area contributed by atoms with Crippen LogP contribution in [-0.4, -0.2) is 23.3 Å². The van der Waals surface area contributed by atoms with E-state index in [1.165, 1.54) is 13.2 Å². The minimum atomic E-state index is -0.601. The number of carbonyl (C=O) groups excluding carboxylic acids is 1. The molecular formula is C13H16O4. The molecule has 0 saturated carbocycles. The Morgan fingerprint density at radius 3 is 2.76 bits per heavy atom. The molecule has 4 heteroatoms. The zero-order valence-corrected chi connectivity index (χ0v) is 9.77. The highest BCUT2D eigenvalue weighted by Gasteiger charge is 2.17. The number of hydrogen-bond donors (Lipinski definition) is 2. The van der Waals surface area contributed by atoms with Gasteiger partial charge in [0.2, 0.25) is 0 Å². The SMILES string of the molecule is C=CCCCc1cc(O)cc(O)c1C(=O)OC. The maximum atomic E-state index is 11.5. The Morgan fingerprint density at radius 1 is 1.47 bits per heavy atom. The zero-order valence-electron chi connectivity index (χ0n) is 9.77. The lowest BCUT2D eigenvalue weighted by atomic mass is 10.0. The van der Waals surface area contributed by atoms with Crippen LogP contribution in [0.4, 0.5) is 0 Å². The van der Waals surface area contributed by atoms with Gasteiger partial charge >= 0.3 is 5.97 Å². The fourth-order valence-corrected chi connectivity index (χ4v) is 1.64. The maximum absolute atomic E-state index is 11.5. The number of aryl methyl sites for hydroxylation is 1. The van der Waals surface area contributed by atoms with Gasteiger partial charge in [-0.15, -0.1) is 6.58 Å². The number of allylic oxidation sites excluding steroid dienone is 1. The molecule has 17 heavy (non-hydrogen) atoms. The van der Waals surface area contributed by atoms with Gasteiger partial charge in [-0.25, -0.2) is 4.79 Å². The van der Waals surface area contributed by atoms with Crippen LogP contribution in [0.3, 0.4) is 0 Å². The van der Waals surface area contributed by atoms with Crippen molar-refractivity contribution < 1.29 is 19.7 Å². The summed E-state index contributed by atoms with van der Waals surface area (Å²) in [6.07, 6.45) is 3.94. The second kappa shape index (κ2) is 5.94. The van der Waals surface area contributed by atoms with E-state index in [0.29, 0.717) is 12.0 Å². The number of phenolic OH excluding ortho intramolecular Hbond substituents is 2. The standard InChI is InChI=1S/C13H16O4/c1-3-4-5-6-9-7-10(14)8-11(15)12(9)13(16)17-2/h3,7-8,14-15H,1,4-6H2,2H3. The first-order valence-electron chi connectivity index (χ1n) is 5.34. The molecule has 0 amide bonds. The Labute approximate surface area is 100 Å². The molecule has 0 fully saturated rings. The van der Waals surface area contributed by atoms with Crippen LogP contribution in [0.25, 0.3) is 0 Å². The lowest BCUT2D eigenvalue weighted by Gasteiger charge is -2.10. The summed E-state index contributed by atoms with van der Waals surface area (Å²) in [5, 5.41) is 19.0. The van der Waals surface area contributed by atoms with E-state index in [9.17, 15) is 15.0 Å². The van der Waals surface area contributed by atoms with Gasteiger partial charge in [0.05, 0.1) is 7.11 Å². The summed E-state index contributed by atoms with van der Waals surface area (Å²) in [7, 11) is 1.25. The molecule has 0 aliphatic carbocycles. The summed E-state index contributed by atoms with van der Waals surface area (Å²) in [5.41, 5.74) is 0.700. The van der Waals surface area contributed by atoms with Crippen LogP contribution < -0.4 is 0 Å². The molecule has 2 N–H and O–H groups in total. The first-order chi connectivity index (χ1) is 8.10. The summed E-state index contributed by atoms with van der Waals surface area (Å²) < 4.78 is 4.60. The van der Waals surface area contributed by atoms with Gasteiger partial charge in [0, 0.05) is 6.07 Å². The third kappa shape index (κ3) is 3.24. The molecule has 1 aromatic rings. The van der Waals surface area contributed by atoms with Gasteiger partial charge in [-0.1, -0.05) is 6.08 Å². The van der Waals surface area contributed by atoms with Gasteiger partial charge in [-0.3, -0.25) is 0 Å². The van der Waals surface area contributed by atoms with E-state index in [4.69, 9.17) is 0 Å². The highest BCUT2D eigenvalue weighted by atomic mass is 16.5. The van der Waals surface area contributed by atoms with Gasteiger partial charge in [0.15, 0.2) is 0 Å². The smallest absolute Gasteiger partial charge is 0.341 e. The van der Waals surface area contributed by atoms with E-state index < -0.39 is 5.97 Å². The number of unbranched alkanes of at least 4 members (excludes halogenated alkanes) is 1. The molecule has 0 aromatic heterocycles. The van der Waals surface area contributed by atoms with Crippen molar-refractivity contribution in [3.8, 4) is 11.5 Å². The Bertz CT molecular complexity index is 424. The van der Waals surface area contributed by atoms with Crippen LogP contribution in [0.2, 0.25) is 0 Å². The number of hydrogen-bond acceptors (Lipinski definition) is 4. The molecule has 0 aliphatic rings. The monoisotopic (exact) mass is 236 g/mol. The fraction of sp³-hybridized carbons (Fsp3) is 0.308. The fourth-order valence-electron chi connectivity index (χ4n) is 1.64. The molecule has 0 spiro atoms. The van der Waals surface area contributed by atoms with Crippen molar-refractivity contribution in [3.63, 3.8) is 0 Å². The number of phenols is 2. The quantitative estimate of drug-likeness (QED) is 0.468. The molecule has 0 radical (unpaired) electrons. The molecular weight excluding hydrogens is 220 g/mol. The first-order valence-corrected chi connectivity index (χ1v) is 5.34. The lowest BCUT2D eigenvalue weighted by molar-refractivity contribution is 0.0596. The summed E-state index contributed by atoms with van der Waals surface area (Å²) in [6.45, 7) is 3.61. The Hall–Kier alpha value is -1.97. The van der Waals surface area contributed by atoms with E-state index >= 15 is 0 Å². The first kappa shape index (κ1) is 13.1. The van der Waals surface area contributed by atoms with Crippen molar-refractivity contribution >= 4 is 5.97 Å². The Morgan fingerprint density at radius 2 is 2.18 bits per heavy atom. The van der Waals surface area contributed by atoms with Gasteiger partial charge in [-0.2, -0.15) is 0 Å². The van der Waals surface area contributed by atoms with Crippen LogP contribution in [0, 0.1) is 0 Å². The molecule has 0 unspecified atom stereocenters. The lowest BCUT2D eigenvalue weighted by Crippen LogP contribution is -2.06. The minimum absolute atomic E-state index is 0.0660. The van der Waals surface area contributed by atoms with Crippen molar-refractivity contribution in [2.45, 2.75) is 19.3 Å². The second-order valence-electron chi connectivity index (χ2n) is 3.67. The van der Waals surface area contributed by atoms with Crippen LogP contribution in [-0.2, 0) is 11.2 Å². The third-order valence-electron chi connectivity index (χ3n) is 2.43. The number of rotatable bonds is 5. The molecule has 92 valence electrons. The predicted molar refractivity (Wildman–Crippen MR) is 64.2 cm³/mol. The van der Waals surface area contributed by atoms with Gasteiger partial charge < -0.3 is 14.9 Å². The summed E-state index contributed by atoms with van der Waals surface area (Å²) in [6, 6.07) is 2.60. The van der Waals surface area contributed by atoms with Crippen LogP contribution in [0.5, 0.6) is 11.5 Å². The number of benzene rings is 1. The normalized spacial score (nSPS) is 9.94.